The summed E-state index contributed by atoms with van der Waals surface area (Å²) in [4.78, 5) is 151. The molecule has 5 heterocycles. The molecule has 71 heavy (non-hydrogen) atoms. The molecule has 368 valence electrons. The Morgan fingerprint density at radius 2 is 1.01 bits per heavy atom. The number of carbonyl (C=O) groups is 8. The van der Waals surface area contributed by atoms with Crippen LogP contribution in [0.3, 0.4) is 0 Å². The number of nitrogens with zero attached hydrogens (tertiary/aromatic N) is 7. The summed E-state index contributed by atoms with van der Waals surface area (Å²) >= 11 is 0. The number of carboxylic acids is 3. The van der Waals surface area contributed by atoms with Gasteiger partial charge in [0.25, 0.3) is 34.7 Å². The number of hydrogen-bond donors (Lipinski definition) is 9. The Morgan fingerprint density at radius 1 is 0.606 bits per heavy atom. The van der Waals surface area contributed by atoms with Gasteiger partial charge in [-0.1, -0.05) is 24.3 Å². The van der Waals surface area contributed by atoms with Gasteiger partial charge in [0, 0.05) is 30.4 Å². The maximum absolute atomic E-state index is 12.6. The topological polar surface area (TPSA) is 429 Å². The molecule has 6 aromatic rings. The van der Waals surface area contributed by atoms with Crippen molar-refractivity contribution in [2.24, 2.45) is 0 Å². The number of nitrogens with one attached hydrogen (secondary N) is 4. The highest BCUT2D eigenvalue weighted by atomic mass is 16.7. The zero-order chi connectivity index (χ0) is 51.4. The number of rotatable bonds is 19. The predicted octanol–water partition coefficient (Wildman–Crippen LogP) is -0.221. The molecule has 2 atom stereocenters. The van der Waals surface area contributed by atoms with Crippen molar-refractivity contribution in [2.45, 2.75) is 76.3 Å². The van der Waals surface area contributed by atoms with Gasteiger partial charge >= 0.3 is 23.9 Å². The van der Waals surface area contributed by atoms with Gasteiger partial charge < -0.3 is 42.3 Å². The van der Waals surface area contributed by atoms with E-state index in [2.05, 4.69) is 50.5 Å². The molecular formula is C44H43N13O14. The largest absolute Gasteiger partial charge is 0.481 e. The molecule has 1 saturated heterocycles. The summed E-state index contributed by atoms with van der Waals surface area (Å²) < 4.78 is 0. The summed E-state index contributed by atoms with van der Waals surface area (Å²) in [5.74, 6) is -7.45. The monoisotopic (exact) mass is 977 g/mol. The van der Waals surface area contributed by atoms with Gasteiger partial charge in [0.2, 0.25) is 11.9 Å². The molecule has 27 heteroatoms. The average Bonchev–Trinajstić information content (AvgIpc) is 3.65. The highest BCUT2D eigenvalue weighted by Gasteiger charge is 2.33. The minimum atomic E-state index is -1.41. The van der Waals surface area contributed by atoms with Crippen molar-refractivity contribution in [3.8, 4) is 0 Å². The molecule has 7 rings (SSSR count). The summed E-state index contributed by atoms with van der Waals surface area (Å²) in [6, 6.07) is 10.2. The Labute approximate surface area is 398 Å². The molecule has 11 N–H and O–H groups in total. The third-order valence-electron chi connectivity index (χ3n) is 10.4. The van der Waals surface area contributed by atoms with Gasteiger partial charge in [0.05, 0.1) is 30.2 Å². The van der Waals surface area contributed by atoms with Crippen LogP contribution < -0.4 is 33.2 Å². The molecule has 1 aliphatic heterocycles. The number of anilines is 2. The first-order valence-electron chi connectivity index (χ1n) is 21.4. The number of H-pyrrole nitrogens is 2. The van der Waals surface area contributed by atoms with Crippen LogP contribution >= 0.6 is 0 Å². The van der Waals surface area contributed by atoms with Crippen LogP contribution in [0.4, 0.5) is 11.9 Å². The van der Waals surface area contributed by atoms with Crippen LogP contribution in [-0.4, -0.2) is 120 Å². The zero-order valence-electron chi connectivity index (χ0n) is 37.1. The van der Waals surface area contributed by atoms with Crippen molar-refractivity contribution in [1.29, 1.82) is 0 Å². The van der Waals surface area contributed by atoms with Gasteiger partial charge in [-0.3, -0.25) is 43.5 Å². The van der Waals surface area contributed by atoms with Crippen molar-refractivity contribution < 1.29 is 58.5 Å². The van der Waals surface area contributed by atoms with Gasteiger partial charge in [-0.25, -0.2) is 34.3 Å². The lowest BCUT2D eigenvalue weighted by Crippen LogP contribution is -2.41. The predicted molar refractivity (Wildman–Crippen MR) is 243 cm³/mol. The third kappa shape index (κ3) is 14.0. The molecule has 4 amide bonds. The molecular weight excluding hydrogens is 935 g/mol. The van der Waals surface area contributed by atoms with E-state index < -0.39 is 77.1 Å². The molecule has 4 aromatic heterocycles. The number of aromatic amines is 2. The van der Waals surface area contributed by atoms with E-state index in [1.165, 1.54) is 24.5 Å². The highest BCUT2D eigenvalue weighted by Crippen LogP contribution is 2.15. The normalized spacial score (nSPS) is 12.9. The maximum Gasteiger partial charge on any atom is 0.333 e. The Morgan fingerprint density at radius 3 is 1.41 bits per heavy atom. The summed E-state index contributed by atoms with van der Waals surface area (Å²) in [5, 5.41) is 32.3. The summed E-state index contributed by atoms with van der Waals surface area (Å²) in [5.41, 5.74) is 13.8. The second-order valence-corrected chi connectivity index (χ2v) is 15.6. The number of nitrogens with two attached hydrogens (primary N) is 2. The van der Waals surface area contributed by atoms with Gasteiger partial charge in [-0.05, 0) is 73.9 Å². The average molecular weight is 978 g/mol. The number of carbonyl (C=O) groups excluding carboxylic acids is 5. The van der Waals surface area contributed by atoms with E-state index in [4.69, 9.17) is 26.5 Å². The lowest BCUT2D eigenvalue weighted by atomic mass is 10.1. The fraction of sp³-hybridized carbons (Fsp3) is 0.273. The van der Waals surface area contributed by atoms with Crippen molar-refractivity contribution in [3.63, 3.8) is 0 Å². The molecule has 0 saturated carbocycles. The second-order valence-electron chi connectivity index (χ2n) is 15.6. The lowest BCUT2D eigenvalue weighted by molar-refractivity contribution is -0.197. The first-order chi connectivity index (χ1) is 33.8. The third-order valence-corrected chi connectivity index (χ3v) is 10.4. The molecule has 1 fully saturated rings. The Hall–Kier alpha value is -9.56. The van der Waals surface area contributed by atoms with E-state index >= 15 is 0 Å². The van der Waals surface area contributed by atoms with Gasteiger partial charge in [0.1, 0.15) is 12.1 Å². The summed E-state index contributed by atoms with van der Waals surface area (Å²) in [6.07, 6.45) is 3.54. The molecule has 0 bridgehead atoms. The molecule has 27 nitrogen and oxygen atoms in total. The first-order valence-corrected chi connectivity index (χ1v) is 21.4. The zero-order valence-corrected chi connectivity index (χ0v) is 37.1. The Bertz CT molecular complexity index is 3150. The molecule has 1 aliphatic rings. The van der Waals surface area contributed by atoms with Crippen molar-refractivity contribution in [1.82, 2.24) is 55.6 Å². The Kier molecular flexibility index (Phi) is 16.4. The van der Waals surface area contributed by atoms with Crippen LogP contribution in [0.25, 0.3) is 22.3 Å². The molecule has 0 radical (unpaired) electrons. The minimum absolute atomic E-state index is 0.0368. The number of hydrogen-bond acceptors (Lipinski definition) is 19. The van der Waals surface area contributed by atoms with Crippen LogP contribution in [0, 0.1) is 0 Å². The molecule has 0 aliphatic carbocycles. The fourth-order valence-corrected chi connectivity index (χ4v) is 6.71. The SMILES string of the molecule is Nc1nc2ncc(CCc3ccc(C(=O)NC(CCC(=O)O)C(=O)O)cc3)nc2c(=O)[nH]1.Nc1nc2ncc(CCc3ccc(C(=O)NC(CCC(=O)ON4C(=O)CCC4=O)C(=O)O)cc3)nc2c(=O)[nH]1. The molecule has 2 aromatic carbocycles. The highest BCUT2D eigenvalue weighted by molar-refractivity contribution is 6.01. The van der Waals surface area contributed by atoms with Crippen LogP contribution in [0.5, 0.6) is 0 Å². The smallest absolute Gasteiger partial charge is 0.333 e. The standard InChI is InChI=1S/C24H23N7O8.C20H20N6O6/c25-24-29-20-19(22(36)30-24)27-14(11-26-20)6-3-12-1-4-13(5-2-12)21(35)28-15(23(37)38)7-10-18(34)39-31-16(32)8-9-17(31)33;21-20-25-16-15(18(30)26-20)23-12(9-22-16)6-3-10-1-4-11(5-2-10)17(29)24-13(19(31)32)7-8-14(27)28/h1-2,4-5,11,15H,3,6-10H2,(H,28,35)(H,37,38)(H3,25,26,29,30,36);1-2,4-5,9,13H,3,6-8H2,(H,24,29)(H,27,28)(H,31,32)(H3,21,22,25,26,30). The molecule has 0 spiro atoms. The van der Waals surface area contributed by atoms with Gasteiger partial charge in [-0.2, -0.15) is 9.97 Å². The number of fused-ring (bicyclic) bond motifs is 2. The number of imide groups is 1. The molecule has 2 unspecified atom stereocenters. The van der Waals surface area contributed by atoms with Crippen LogP contribution in [-0.2, 0) is 59.3 Å². The van der Waals surface area contributed by atoms with E-state index in [-0.39, 0.29) is 77.5 Å². The van der Waals surface area contributed by atoms with Gasteiger partial charge in [0.15, 0.2) is 22.3 Å². The van der Waals surface area contributed by atoms with E-state index in [1.54, 1.807) is 36.4 Å². The number of aryl methyl sites for hydroxylation is 4. The summed E-state index contributed by atoms with van der Waals surface area (Å²) in [7, 11) is 0. The minimum Gasteiger partial charge on any atom is -0.481 e. The van der Waals surface area contributed by atoms with Crippen LogP contribution in [0.15, 0.2) is 70.5 Å². The first kappa shape index (κ1) is 50.8. The number of benzene rings is 2. The van der Waals surface area contributed by atoms with Crippen LogP contribution in [0.1, 0.15) is 81.8 Å². The van der Waals surface area contributed by atoms with Crippen molar-refractivity contribution >= 4 is 81.7 Å². The quantitative estimate of drug-likeness (QED) is 0.0474. The Balaban J connectivity index is 0.000000237. The maximum atomic E-state index is 12.6. The van der Waals surface area contributed by atoms with Crippen LogP contribution in [0.2, 0.25) is 0 Å². The fourth-order valence-electron chi connectivity index (χ4n) is 6.71. The number of carboxylic acid groups (broad SMARTS) is 3. The number of aromatic nitrogens is 8. The van der Waals surface area contributed by atoms with E-state index in [9.17, 15) is 53.1 Å². The van der Waals surface area contributed by atoms with E-state index in [0.717, 1.165) is 11.1 Å². The number of aliphatic carboxylic acids is 3. The number of amides is 4. The van der Waals surface area contributed by atoms with E-state index in [1.807, 2.05) is 0 Å². The lowest BCUT2D eigenvalue weighted by Gasteiger charge is -2.16. The van der Waals surface area contributed by atoms with Crippen molar-refractivity contribution in [3.05, 3.63) is 115 Å². The van der Waals surface area contributed by atoms with E-state index in [0.29, 0.717) is 42.1 Å². The number of nitrogen functional groups attached to an aromatic ring is 2. The van der Waals surface area contributed by atoms with Crippen molar-refractivity contribution in [2.75, 3.05) is 11.5 Å². The van der Waals surface area contributed by atoms with Gasteiger partial charge in [-0.15, -0.1) is 5.06 Å². The second kappa shape index (κ2) is 23.0. The number of hydroxylamine groups is 2. The summed E-state index contributed by atoms with van der Waals surface area (Å²) in [6.45, 7) is 0.